The SMILES string of the molecule is CCNC(=NCC1CCN(CC(F)(F)F)C1)N1CCN(c2ccc(OC)cc2)CC1.I. The molecule has 1 N–H and O–H groups in total. The topological polar surface area (TPSA) is 43.3 Å². The molecule has 2 heterocycles. The summed E-state index contributed by atoms with van der Waals surface area (Å²) in [4.78, 5) is 10.8. The lowest BCUT2D eigenvalue weighted by Crippen LogP contribution is -2.52. The smallest absolute Gasteiger partial charge is 0.401 e. The number of halogens is 4. The summed E-state index contributed by atoms with van der Waals surface area (Å²) in [6, 6.07) is 8.08. The molecular weight excluding hydrogens is 522 g/mol. The molecule has 2 aliphatic rings. The number of ether oxygens (including phenoxy) is 1. The van der Waals surface area contributed by atoms with Gasteiger partial charge in [0.1, 0.15) is 5.75 Å². The third-order valence-electron chi connectivity index (χ3n) is 5.62. The second kappa shape index (κ2) is 12.0. The molecule has 0 aliphatic carbocycles. The van der Waals surface area contributed by atoms with E-state index in [1.165, 1.54) is 10.6 Å². The molecule has 6 nitrogen and oxygen atoms in total. The Morgan fingerprint density at radius 3 is 2.39 bits per heavy atom. The van der Waals surface area contributed by atoms with Gasteiger partial charge in [-0.2, -0.15) is 13.2 Å². The Hall–Kier alpha value is -1.43. The summed E-state index contributed by atoms with van der Waals surface area (Å²) in [7, 11) is 1.66. The fourth-order valence-corrected chi connectivity index (χ4v) is 4.07. The fraction of sp³-hybridized carbons (Fsp3) is 0.667. The molecule has 2 saturated heterocycles. The summed E-state index contributed by atoms with van der Waals surface area (Å²) in [5.41, 5.74) is 1.17. The Kier molecular flexibility index (Phi) is 9.98. The predicted molar refractivity (Wildman–Crippen MR) is 129 cm³/mol. The molecule has 2 fully saturated rings. The molecule has 3 rings (SSSR count). The summed E-state index contributed by atoms with van der Waals surface area (Å²) >= 11 is 0. The second-order valence-electron chi connectivity index (χ2n) is 7.87. The number of alkyl halides is 3. The molecule has 1 aromatic rings. The number of nitrogens with zero attached hydrogens (tertiary/aromatic N) is 4. The minimum absolute atomic E-state index is 0. The van der Waals surface area contributed by atoms with Crippen LogP contribution in [0.5, 0.6) is 5.75 Å². The van der Waals surface area contributed by atoms with Crippen LogP contribution in [0.25, 0.3) is 0 Å². The molecule has 1 unspecified atom stereocenters. The average Bonchev–Trinajstić information content (AvgIpc) is 3.17. The first-order valence-corrected chi connectivity index (χ1v) is 10.6. The first-order chi connectivity index (χ1) is 14.4. The maximum Gasteiger partial charge on any atom is 0.401 e. The van der Waals surface area contributed by atoms with E-state index < -0.39 is 12.7 Å². The van der Waals surface area contributed by atoms with Gasteiger partial charge in [-0.15, -0.1) is 24.0 Å². The van der Waals surface area contributed by atoms with Crippen molar-refractivity contribution in [2.24, 2.45) is 10.9 Å². The number of methoxy groups -OCH3 is 1. The van der Waals surface area contributed by atoms with Gasteiger partial charge in [-0.25, -0.2) is 0 Å². The molecule has 0 aromatic heterocycles. The molecule has 2 aliphatic heterocycles. The van der Waals surface area contributed by atoms with Crippen molar-refractivity contribution in [3.8, 4) is 5.75 Å². The highest BCUT2D eigenvalue weighted by molar-refractivity contribution is 14.0. The van der Waals surface area contributed by atoms with Gasteiger partial charge in [0.25, 0.3) is 0 Å². The van der Waals surface area contributed by atoms with E-state index in [0.717, 1.165) is 50.9 Å². The van der Waals surface area contributed by atoms with Gasteiger partial charge in [-0.3, -0.25) is 9.89 Å². The summed E-state index contributed by atoms with van der Waals surface area (Å²) in [6.45, 7) is 6.98. The van der Waals surface area contributed by atoms with E-state index in [0.29, 0.717) is 19.6 Å². The molecule has 0 radical (unpaired) electrons. The van der Waals surface area contributed by atoms with Crippen LogP contribution in [0.3, 0.4) is 0 Å². The number of likely N-dealkylation sites (tertiary alicyclic amines) is 1. The molecule has 0 bridgehead atoms. The van der Waals surface area contributed by atoms with Crippen LogP contribution in [0.4, 0.5) is 18.9 Å². The predicted octanol–water partition coefficient (Wildman–Crippen LogP) is 3.28. The fourth-order valence-electron chi connectivity index (χ4n) is 4.07. The number of guanidine groups is 1. The monoisotopic (exact) mass is 555 g/mol. The Bertz CT molecular complexity index is 693. The third-order valence-corrected chi connectivity index (χ3v) is 5.62. The van der Waals surface area contributed by atoms with Crippen LogP contribution >= 0.6 is 24.0 Å². The van der Waals surface area contributed by atoms with E-state index in [9.17, 15) is 13.2 Å². The lowest BCUT2D eigenvalue weighted by Gasteiger charge is -2.37. The van der Waals surface area contributed by atoms with Gasteiger partial charge in [-0.1, -0.05) is 0 Å². The van der Waals surface area contributed by atoms with Gasteiger partial charge in [0.15, 0.2) is 5.96 Å². The molecule has 1 atom stereocenters. The van der Waals surface area contributed by atoms with Crippen LogP contribution in [-0.4, -0.2) is 87.9 Å². The molecule has 1 aromatic carbocycles. The van der Waals surface area contributed by atoms with Crippen LogP contribution in [0, 0.1) is 5.92 Å². The maximum absolute atomic E-state index is 12.6. The Labute approximate surface area is 199 Å². The van der Waals surface area contributed by atoms with E-state index in [1.807, 2.05) is 19.1 Å². The number of anilines is 1. The Balaban J connectivity index is 0.00000341. The van der Waals surface area contributed by atoms with Crippen molar-refractivity contribution in [3.05, 3.63) is 24.3 Å². The Morgan fingerprint density at radius 2 is 1.81 bits per heavy atom. The molecule has 10 heteroatoms. The van der Waals surface area contributed by atoms with E-state index in [4.69, 9.17) is 9.73 Å². The van der Waals surface area contributed by atoms with Crippen LogP contribution in [0.15, 0.2) is 29.3 Å². The van der Waals surface area contributed by atoms with Crippen LogP contribution in [-0.2, 0) is 0 Å². The molecular formula is C21H33F3IN5O. The van der Waals surface area contributed by atoms with E-state index in [1.54, 1.807) is 7.11 Å². The van der Waals surface area contributed by atoms with Gasteiger partial charge >= 0.3 is 6.18 Å². The van der Waals surface area contributed by atoms with Crippen LogP contribution in [0.2, 0.25) is 0 Å². The third kappa shape index (κ3) is 7.89. The first kappa shape index (κ1) is 25.8. The van der Waals surface area contributed by atoms with Crippen molar-refractivity contribution in [3.63, 3.8) is 0 Å². The number of rotatable bonds is 6. The molecule has 0 amide bonds. The van der Waals surface area contributed by atoms with Crippen molar-refractivity contribution in [2.45, 2.75) is 19.5 Å². The van der Waals surface area contributed by atoms with Gasteiger partial charge in [-0.05, 0) is 50.1 Å². The standard InChI is InChI=1S/C21H32F3N5O.HI/c1-3-25-20(26-14-17-8-9-27(15-17)16-21(22,23)24)29-12-10-28(11-13-29)18-4-6-19(30-2)7-5-18;/h4-7,17H,3,8-16H2,1-2H3,(H,25,26);1H. The van der Waals surface area contributed by atoms with Crippen molar-refractivity contribution in [1.82, 2.24) is 15.1 Å². The number of nitrogens with one attached hydrogen (secondary N) is 1. The molecule has 0 spiro atoms. The van der Waals surface area contributed by atoms with Crippen molar-refractivity contribution in [2.75, 3.05) is 70.9 Å². The maximum atomic E-state index is 12.6. The summed E-state index contributed by atoms with van der Waals surface area (Å²) < 4.78 is 43.0. The van der Waals surface area contributed by atoms with Gasteiger partial charge in [0, 0.05) is 51.5 Å². The van der Waals surface area contributed by atoms with Crippen molar-refractivity contribution in [1.29, 1.82) is 0 Å². The van der Waals surface area contributed by atoms with Crippen molar-refractivity contribution < 1.29 is 17.9 Å². The number of aliphatic imine (C=N–C) groups is 1. The zero-order valence-corrected chi connectivity index (χ0v) is 20.5. The van der Waals surface area contributed by atoms with Crippen LogP contribution < -0.4 is 15.0 Å². The summed E-state index contributed by atoms with van der Waals surface area (Å²) in [5, 5.41) is 3.34. The lowest BCUT2D eigenvalue weighted by molar-refractivity contribution is -0.143. The normalized spacial score (nSPS) is 20.5. The zero-order chi connectivity index (χ0) is 21.6. The highest BCUT2D eigenvalue weighted by Gasteiger charge is 2.34. The number of hydrogen-bond acceptors (Lipinski definition) is 4. The number of hydrogen-bond donors (Lipinski definition) is 1. The Morgan fingerprint density at radius 1 is 1.13 bits per heavy atom. The first-order valence-electron chi connectivity index (χ1n) is 10.6. The number of benzene rings is 1. The number of piperazine rings is 1. The highest BCUT2D eigenvalue weighted by Crippen LogP contribution is 2.23. The summed E-state index contributed by atoms with van der Waals surface area (Å²) in [6.07, 6.45) is -3.36. The lowest BCUT2D eigenvalue weighted by atomic mass is 10.1. The van der Waals surface area contributed by atoms with Crippen molar-refractivity contribution >= 4 is 35.6 Å². The zero-order valence-electron chi connectivity index (χ0n) is 18.2. The molecule has 176 valence electrons. The van der Waals surface area contributed by atoms with E-state index >= 15 is 0 Å². The average molecular weight is 555 g/mol. The molecule has 0 saturated carbocycles. The van der Waals surface area contributed by atoms with E-state index in [2.05, 4.69) is 27.2 Å². The minimum atomic E-state index is -4.13. The molecule has 31 heavy (non-hydrogen) atoms. The quantitative estimate of drug-likeness (QED) is 0.332. The largest absolute Gasteiger partial charge is 0.497 e. The minimum Gasteiger partial charge on any atom is -0.497 e. The van der Waals surface area contributed by atoms with E-state index in [-0.39, 0.29) is 29.9 Å². The van der Waals surface area contributed by atoms with Gasteiger partial charge in [0.2, 0.25) is 0 Å². The van der Waals surface area contributed by atoms with Gasteiger partial charge in [0.05, 0.1) is 13.7 Å². The van der Waals surface area contributed by atoms with Gasteiger partial charge < -0.3 is 19.9 Å². The summed E-state index contributed by atoms with van der Waals surface area (Å²) in [5.74, 6) is 1.89. The second-order valence-corrected chi connectivity index (χ2v) is 7.87. The highest BCUT2D eigenvalue weighted by atomic mass is 127. The van der Waals surface area contributed by atoms with Crippen LogP contribution in [0.1, 0.15) is 13.3 Å².